The molecule has 3 heteroatoms. The number of rotatable bonds is 2. The number of hydrogen-bond donors (Lipinski definition) is 2. The van der Waals surface area contributed by atoms with Crippen LogP contribution in [0.25, 0.3) is 0 Å². The van der Waals surface area contributed by atoms with Gasteiger partial charge in [-0.2, -0.15) is 0 Å². The lowest BCUT2D eigenvalue weighted by molar-refractivity contribution is 0.208. The number of anilines is 1. The van der Waals surface area contributed by atoms with Crippen LogP contribution < -0.4 is 5.73 Å². The normalized spacial score (nSPS) is 12.9. The van der Waals surface area contributed by atoms with Crippen molar-refractivity contribution in [3.8, 4) is 0 Å². The third-order valence-electron chi connectivity index (χ3n) is 1.50. The lowest BCUT2D eigenvalue weighted by Crippen LogP contribution is -2.02. The van der Waals surface area contributed by atoms with Gasteiger partial charge < -0.3 is 10.8 Å². The molecule has 2 nitrogen and oxygen atoms in total. The zero-order chi connectivity index (χ0) is 8.27. The second-order valence-electron chi connectivity index (χ2n) is 2.30. The fourth-order valence-corrected chi connectivity index (χ4v) is 1.37. The summed E-state index contributed by atoms with van der Waals surface area (Å²) >= 11 is 2.13. The quantitative estimate of drug-likeness (QED) is 0.485. The number of aliphatic hydroxyl groups excluding tert-OH is 1. The molecule has 0 heterocycles. The standard InChI is InChI=1S/C8H10INO/c9-5-8(11)6-3-1-2-4-7(6)10/h1-4,8,11H,5,10H2. The Labute approximate surface area is 79.6 Å². The topological polar surface area (TPSA) is 46.2 Å². The van der Waals surface area contributed by atoms with Crippen molar-refractivity contribution in [2.75, 3.05) is 10.2 Å². The van der Waals surface area contributed by atoms with Crippen LogP contribution in [0.1, 0.15) is 11.7 Å². The molecule has 3 N–H and O–H groups in total. The van der Waals surface area contributed by atoms with Gasteiger partial charge in [0, 0.05) is 15.7 Å². The number of alkyl halides is 1. The van der Waals surface area contributed by atoms with Gasteiger partial charge in [-0.1, -0.05) is 40.8 Å². The molecule has 0 aliphatic rings. The van der Waals surface area contributed by atoms with E-state index < -0.39 is 6.10 Å². The van der Waals surface area contributed by atoms with Gasteiger partial charge in [-0.15, -0.1) is 0 Å². The first-order valence-corrected chi connectivity index (χ1v) is 4.86. The highest BCUT2D eigenvalue weighted by molar-refractivity contribution is 14.1. The fraction of sp³-hybridized carbons (Fsp3) is 0.250. The minimum absolute atomic E-state index is 0.434. The molecule has 1 atom stereocenters. The minimum Gasteiger partial charge on any atom is -0.398 e. The third-order valence-corrected chi connectivity index (χ3v) is 2.34. The van der Waals surface area contributed by atoms with Gasteiger partial charge in [0.15, 0.2) is 0 Å². The molecule has 0 amide bonds. The van der Waals surface area contributed by atoms with E-state index in [1.165, 1.54) is 0 Å². The lowest BCUT2D eigenvalue weighted by Gasteiger charge is -2.09. The van der Waals surface area contributed by atoms with E-state index in [4.69, 9.17) is 5.73 Å². The Balaban J connectivity index is 2.93. The second-order valence-corrected chi connectivity index (χ2v) is 3.18. The van der Waals surface area contributed by atoms with Crippen LogP contribution in [0.5, 0.6) is 0 Å². The van der Waals surface area contributed by atoms with Crippen LogP contribution in [0.2, 0.25) is 0 Å². The average molecular weight is 263 g/mol. The molecule has 0 saturated carbocycles. The van der Waals surface area contributed by atoms with Gasteiger partial charge in [0.2, 0.25) is 0 Å². The fourth-order valence-electron chi connectivity index (χ4n) is 0.897. The Morgan fingerprint density at radius 1 is 1.45 bits per heavy atom. The van der Waals surface area contributed by atoms with E-state index in [1.54, 1.807) is 6.07 Å². The molecule has 0 spiro atoms. The van der Waals surface area contributed by atoms with Crippen LogP contribution >= 0.6 is 22.6 Å². The van der Waals surface area contributed by atoms with Crippen molar-refractivity contribution >= 4 is 28.3 Å². The Bertz CT molecular complexity index is 239. The van der Waals surface area contributed by atoms with Crippen LogP contribution in [-0.2, 0) is 0 Å². The van der Waals surface area contributed by atoms with E-state index in [-0.39, 0.29) is 0 Å². The summed E-state index contributed by atoms with van der Waals surface area (Å²) in [7, 11) is 0. The number of nitrogen functional groups attached to an aromatic ring is 1. The first kappa shape index (κ1) is 8.80. The van der Waals surface area contributed by atoms with Gasteiger partial charge in [0.1, 0.15) is 0 Å². The lowest BCUT2D eigenvalue weighted by atomic mass is 10.1. The maximum atomic E-state index is 9.42. The Kier molecular flexibility index (Phi) is 3.14. The van der Waals surface area contributed by atoms with E-state index in [0.717, 1.165) is 5.56 Å². The predicted octanol–water partition coefficient (Wildman–Crippen LogP) is 1.74. The molecular formula is C8H10INO. The van der Waals surface area contributed by atoms with Crippen molar-refractivity contribution in [1.29, 1.82) is 0 Å². The molecular weight excluding hydrogens is 253 g/mol. The molecule has 60 valence electrons. The van der Waals surface area contributed by atoms with Crippen LogP contribution in [-0.4, -0.2) is 9.53 Å². The average Bonchev–Trinajstić information content (AvgIpc) is 2.04. The van der Waals surface area contributed by atoms with Gasteiger partial charge in [-0.3, -0.25) is 0 Å². The summed E-state index contributed by atoms with van der Waals surface area (Å²) in [6.45, 7) is 0. The molecule has 0 bridgehead atoms. The van der Waals surface area contributed by atoms with Gasteiger partial charge in [0.25, 0.3) is 0 Å². The molecule has 0 fully saturated rings. The monoisotopic (exact) mass is 263 g/mol. The summed E-state index contributed by atoms with van der Waals surface area (Å²) in [6.07, 6.45) is -0.434. The van der Waals surface area contributed by atoms with E-state index >= 15 is 0 Å². The predicted molar refractivity (Wildman–Crippen MR) is 54.7 cm³/mol. The largest absolute Gasteiger partial charge is 0.398 e. The van der Waals surface area contributed by atoms with E-state index in [0.29, 0.717) is 10.1 Å². The molecule has 1 rings (SSSR count). The number of nitrogens with two attached hydrogens (primary N) is 1. The highest BCUT2D eigenvalue weighted by Crippen LogP contribution is 2.20. The molecule has 0 aliphatic heterocycles. The molecule has 1 unspecified atom stereocenters. The van der Waals surface area contributed by atoms with E-state index in [9.17, 15) is 5.11 Å². The van der Waals surface area contributed by atoms with Gasteiger partial charge in [-0.05, 0) is 6.07 Å². The zero-order valence-corrected chi connectivity index (χ0v) is 8.15. The maximum Gasteiger partial charge on any atom is 0.0899 e. The number of benzene rings is 1. The van der Waals surface area contributed by atoms with Crippen molar-refractivity contribution in [2.24, 2.45) is 0 Å². The first-order valence-electron chi connectivity index (χ1n) is 3.34. The molecule has 0 aromatic heterocycles. The first-order chi connectivity index (χ1) is 5.25. The van der Waals surface area contributed by atoms with Crippen LogP contribution in [0, 0.1) is 0 Å². The summed E-state index contributed by atoms with van der Waals surface area (Å²) in [5.41, 5.74) is 7.12. The summed E-state index contributed by atoms with van der Waals surface area (Å²) in [4.78, 5) is 0. The Morgan fingerprint density at radius 3 is 2.64 bits per heavy atom. The van der Waals surface area contributed by atoms with Crippen LogP contribution in [0.3, 0.4) is 0 Å². The van der Waals surface area contributed by atoms with Crippen LogP contribution in [0.4, 0.5) is 5.69 Å². The summed E-state index contributed by atoms with van der Waals surface area (Å²) in [5, 5.41) is 9.42. The van der Waals surface area contributed by atoms with Crippen molar-refractivity contribution in [2.45, 2.75) is 6.10 Å². The third kappa shape index (κ3) is 2.07. The summed E-state index contributed by atoms with van der Waals surface area (Å²) in [5.74, 6) is 0. The SMILES string of the molecule is Nc1ccccc1C(O)CI. The smallest absolute Gasteiger partial charge is 0.0899 e. The number of halogens is 1. The van der Waals surface area contributed by atoms with Crippen molar-refractivity contribution < 1.29 is 5.11 Å². The number of para-hydroxylation sites is 1. The van der Waals surface area contributed by atoms with Crippen molar-refractivity contribution in [1.82, 2.24) is 0 Å². The number of aliphatic hydroxyl groups is 1. The van der Waals surface area contributed by atoms with E-state index in [2.05, 4.69) is 22.6 Å². The Morgan fingerprint density at radius 2 is 2.09 bits per heavy atom. The molecule has 11 heavy (non-hydrogen) atoms. The van der Waals surface area contributed by atoms with Crippen LogP contribution in [0.15, 0.2) is 24.3 Å². The molecule has 0 radical (unpaired) electrons. The minimum atomic E-state index is -0.434. The molecule has 1 aromatic rings. The summed E-state index contributed by atoms with van der Waals surface area (Å²) < 4.78 is 0.673. The second kappa shape index (κ2) is 3.92. The maximum absolute atomic E-state index is 9.42. The van der Waals surface area contributed by atoms with Crippen molar-refractivity contribution in [3.05, 3.63) is 29.8 Å². The zero-order valence-electron chi connectivity index (χ0n) is 6.00. The molecule has 0 aliphatic carbocycles. The highest BCUT2D eigenvalue weighted by Gasteiger charge is 2.07. The Hall–Kier alpha value is -0.290. The highest BCUT2D eigenvalue weighted by atomic mass is 127. The number of hydrogen-bond acceptors (Lipinski definition) is 2. The molecule has 1 aromatic carbocycles. The van der Waals surface area contributed by atoms with Gasteiger partial charge >= 0.3 is 0 Å². The van der Waals surface area contributed by atoms with Gasteiger partial charge in [-0.25, -0.2) is 0 Å². The van der Waals surface area contributed by atoms with E-state index in [1.807, 2.05) is 18.2 Å². The van der Waals surface area contributed by atoms with Gasteiger partial charge in [0.05, 0.1) is 6.10 Å². The van der Waals surface area contributed by atoms with Crippen molar-refractivity contribution in [3.63, 3.8) is 0 Å². The molecule has 0 saturated heterocycles. The summed E-state index contributed by atoms with van der Waals surface area (Å²) in [6, 6.07) is 7.38.